The van der Waals surface area contributed by atoms with E-state index in [-0.39, 0.29) is 10.9 Å². The second-order valence-electron chi connectivity index (χ2n) is 5.82. The van der Waals surface area contributed by atoms with E-state index in [2.05, 4.69) is 17.0 Å². The molecule has 1 fully saturated rings. The van der Waals surface area contributed by atoms with Crippen molar-refractivity contribution in [3.8, 4) is 0 Å². The Morgan fingerprint density at radius 2 is 1.92 bits per heavy atom. The first-order chi connectivity index (χ1) is 12.0. The summed E-state index contributed by atoms with van der Waals surface area (Å²) in [6, 6.07) is 11.0. The van der Waals surface area contributed by atoms with Crippen molar-refractivity contribution >= 4 is 27.9 Å². The maximum Gasteiger partial charge on any atom is 0.324 e. The quantitative estimate of drug-likeness (QED) is 0.605. The van der Waals surface area contributed by atoms with Gasteiger partial charge in [-0.15, -0.1) is 0 Å². The van der Waals surface area contributed by atoms with E-state index in [0.29, 0.717) is 11.4 Å². The Morgan fingerprint density at radius 3 is 2.52 bits per heavy atom. The molecule has 25 heavy (non-hydrogen) atoms. The first-order valence-corrected chi connectivity index (χ1v) is 8.77. The van der Waals surface area contributed by atoms with Crippen molar-refractivity contribution in [1.82, 2.24) is 4.90 Å². The molecule has 0 aliphatic carbocycles. The molecule has 0 saturated carbocycles. The molecule has 0 N–H and O–H groups in total. The molecule has 0 spiro atoms. The summed E-state index contributed by atoms with van der Waals surface area (Å²) in [6.45, 7) is 3.70. The van der Waals surface area contributed by atoms with Gasteiger partial charge in [0.15, 0.2) is 0 Å². The lowest BCUT2D eigenvalue weighted by Crippen LogP contribution is -2.36. The van der Waals surface area contributed by atoms with Crippen LogP contribution in [0.4, 0.5) is 10.7 Å². The highest BCUT2D eigenvalue weighted by atomic mass is 32.1. The summed E-state index contributed by atoms with van der Waals surface area (Å²) in [7, 11) is 1.70. The molecular formula is C17H19N3O4S. The number of carbonyl (C=O) groups is 1. The number of ether oxygens (including phenoxy) is 1. The molecule has 1 aromatic carbocycles. The standard InChI is InChI=1S/C17H19N3O4S/c1-18(17(21)15-6-7-16(25-15)20(22)23)12-13-2-4-14(5-3-13)19-8-10-24-11-9-19/h2-7H,8-12H2,1H3. The minimum absolute atomic E-state index is 0.0217. The second kappa shape index (κ2) is 7.62. The number of nitrogens with zero attached hydrogens (tertiary/aromatic N) is 3. The van der Waals surface area contributed by atoms with E-state index < -0.39 is 4.92 Å². The molecule has 1 aliphatic rings. The van der Waals surface area contributed by atoms with Crippen molar-refractivity contribution in [2.24, 2.45) is 0 Å². The monoisotopic (exact) mass is 361 g/mol. The number of rotatable bonds is 5. The Hall–Kier alpha value is -2.45. The lowest BCUT2D eigenvalue weighted by molar-refractivity contribution is -0.380. The van der Waals surface area contributed by atoms with E-state index in [1.165, 1.54) is 12.1 Å². The molecule has 0 unspecified atom stereocenters. The van der Waals surface area contributed by atoms with E-state index in [4.69, 9.17) is 4.74 Å². The molecule has 2 heterocycles. The van der Waals surface area contributed by atoms with E-state index in [1.54, 1.807) is 11.9 Å². The Bertz CT molecular complexity index is 754. The topological polar surface area (TPSA) is 75.9 Å². The number of hydrogen-bond acceptors (Lipinski definition) is 6. The zero-order chi connectivity index (χ0) is 17.8. The minimum Gasteiger partial charge on any atom is -0.378 e. The van der Waals surface area contributed by atoms with Gasteiger partial charge in [-0.25, -0.2) is 0 Å². The predicted octanol–water partition coefficient (Wildman–Crippen LogP) is 2.77. The smallest absolute Gasteiger partial charge is 0.324 e. The highest BCUT2D eigenvalue weighted by molar-refractivity contribution is 7.17. The lowest BCUT2D eigenvalue weighted by Gasteiger charge is -2.29. The molecule has 1 aliphatic heterocycles. The fraction of sp³-hybridized carbons (Fsp3) is 0.353. The number of morpholine rings is 1. The Balaban J connectivity index is 1.62. The maximum absolute atomic E-state index is 12.4. The van der Waals surface area contributed by atoms with Gasteiger partial charge < -0.3 is 14.5 Å². The Labute approximate surface area is 149 Å². The number of nitro groups is 1. The van der Waals surface area contributed by atoms with Crippen LogP contribution in [0.5, 0.6) is 0 Å². The number of benzene rings is 1. The van der Waals surface area contributed by atoms with E-state index in [9.17, 15) is 14.9 Å². The van der Waals surface area contributed by atoms with Gasteiger partial charge in [0.2, 0.25) is 0 Å². The number of anilines is 1. The fourth-order valence-corrected chi connectivity index (χ4v) is 3.52. The average Bonchev–Trinajstić information content (AvgIpc) is 3.13. The van der Waals surface area contributed by atoms with Crippen LogP contribution >= 0.6 is 11.3 Å². The highest BCUT2D eigenvalue weighted by Gasteiger charge is 2.18. The summed E-state index contributed by atoms with van der Waals surface area (Å²) in [5.41, 5.74) is 2.16. The van der Waals surface area contributed by atoms with Crippen molar-refractivity contribution in [3.63, 3.8) is 0 Å². The van der Waals surface area contributed by atoms with Gasteiger partial charge in [-0.3, -0.25) is 14.9 Å². The van der Waals surface area contributed by atoms with E-state index in [0.717, 1.165) is 48.9 Å². The predicted molar refractivity (Wildman–Crippen MR) is 96.2 cm³/mol. The zero-order valence-corrected chi connectivity index (χ0v) is 14.7. The third-order valence-electron chi connectivity index (χ3n) is 4.06. The number of thiophene rings is 1. The van der Waals surface area contributed by atoms with Gasteiger partial charge in [-0.2, -0.15) is 0 Å². The molecule has 1 amide bonds. The SMILES string of the molecule is CN(Cc1ccc(N2CCOCC2)cc1)C(=O)c1ccc([N+](=O)[O-])s1. The normalized spacial score (nSPS) is 14.4. The van der Waals surface area contributed by atoms with E-state index in [1.807, 2.05) is 12.1 Å². The molecular weight excluding hydrogens is 342 g/mol. The first kappa shape index (κ1) is 17.4. The Morgan fingerprint density at radius 1 is 1.24 bits per heavy atom. The molecule has 7 nitrogen and oxygen atoms in total. The van der Waals surface area contributed by atoms with Gasteiger partial charge in [0.1, 0.15) is 0 Å². The molecule has 0 radical (unpaired) electrons. The summed E-state index contributed by atoms with van der Waals surface area (Å²) < 4.78 is 5.36. The van der Waals surface area contributed by atoms with Crippen molar-refractivity contribution < 1.29 is 14.5 Å². The largest absolute Gasteiger partial charge is 0.378 e. The number of amides is 1. The van der Waals surface area contributed by atoms with E-state index >= 15 is 0 Å². The van der Waals surface area contributed by atoms with Crippen molar-refractivity contribution in [3.05, 3.63) is 57.0 Å². The molecule has 2 aromatic rings. The van der Waals surface area contributed by atoms with Crippen LogP contribution in [-0.4, -0.2) is 49.1 Å². The highest BCUT2D eigenvalue weighted by Crippen LogP contribution is 2.25. The fourth-order valence-electron chi connectivity index (χ4n) is 2.71. The molecule has 0 bridgehead atoms. The molecule has 8 heteroatoms. The van der Waals surface area contributed by atoms with Crippen molar-refractivity contribution in [1.29, 1.82) is 0 Å². The zero-order valence-electron chi connectivity index (χ0n) is 13.9. The summed E-state index contributed by atoms with van der Waals surface area (Å²) in [5, 5.41) is 10.7. The summed E-state index contributed by atoms with van der Waals surface area (Å²) in [5.74, 6) is -0.213. The summed E-state index contributed by atoms with van der Waals surface area (Å²) in [4.78, 5) is 26.9. The number of carbonyl (C=O) groups excluding carboxylic acids is 1. The van der Waals surface area contributed by atoms with Crippen LogP contribution in [-0.2, 0) is 11.3 Å². The summed E-state index contributed by atoms with van der Waals surface area (Å²) >= 11 is 0.900. The third-order valence-corrected chi connectivity index (χ3v) is 5.09. The van der Waals surface area contributed by atoms with Crippen LogP contribution in [0.25, 0.3) is 0 Å². The van der Waals surface area contributed by atoms with Crippen LogP contribution in [0, 0.1) is 10.1 Å². The minimum atomic E-state index is -0.480. The van der Waals surface area contributed by atoms with Crippen molar-refractivity contribution in [2.75, 3.05) is 38.3 Å². The van der Waals surface area contributed by atoms with Crippen LogP contribution in [0.2, 0.25) is 0 Å². The van der Waals surface area contributed by atoms with Crippen molar-refractivity contribution in [2.45, 2.75) is 6.54 Å². The van der Waals surface area contributed by atoms with Gasteiger partial charge in [0, 0.05) is 38.4 Å². The summed E-state index contributed by atoms with van der Waals surface area (Å²) in [6.07, 6.45) is 0. The van der Waals surface area contributed by atoms with Gasteiger partial charge in [-0.1, -0.05) is 23.5 Å². The van der Waals surface area contributed by atoms with Crippen LogP contribution in [0.3, 0.4) is 0 Å². The molecule has 1 saturated heterocycles. The number of hydrogen-bond donors (Lipinski definition) is 0. The van der Waals surface area contributed by atoms with Gasteiger partial charge >= 0.3 is 5.00 Å². The molecule has 0 atom stereocenters. The molecule has 3 rings (SSSR count). The van der Waals surface area contributed by atoms with Crippen LogP contribution in [0.15, 0.2) is 36.4 Å². The molecule has 1 aromatic heterocycles. The van der Waals surface area contributed by atoms with Gasteiger partial charge in [0.25, 0.3) is 5.91 Å². The first-order valence-electron chi connectivity index (χ1n) is 7.96. The third kappa shape index (κ3) is 4.15. The van der Waals surface area contributed by atoms with Gasteiger partial charge in [-0.05, 0) is 23.8 Å². The second-order valence-corrected chi connectivity index (χ2v) is 6.88. The average molecular weight is 361 g/mol. The Kier molecular flexibility index (Phi) is 5.30. The van der Waals surface area contributed by atoms with Crippen LogP contribution < -0.4 is 4.90 Å². The lowest BCUT2D eigenvalue weighted by atomic mass is 10.1. The molecule has 132 valence electrons. The maximum atomic E-state index is 12.4. The van der Waals surface area contributed by atoms with Gasteiger partial charge in [0.05, 0.1) is 23.0 Å². The van der Waals surface area contributed by atoms with Crippen LogP contribution in [0.1, 0.15) is 15.2 Å².